The minimum Gasteiger partial charge on any atom is -0.484 e. The van der Waals surface area contributed by atoms with Crippen molar-refractivity contribution in [2.75, 3.05) is 50.9 Å². The second-order valence-electron chi connectivity index (χ2n) is 5.84. The molecular formula is C18H23ClN4O3. The van der Waals surface area contributed by atoms with Crippen LogP contribution in [0.2, 0.25) is 5.02 Å². The minimum absolute atomic E-state index is 0.293. The van der Waals surface area contributed by atoms with Gasteiger partial charge in [-0.15, -0.1) is 0 Å². The van der Waals surface area contributed by atoms with Gasteiger partial charge in [0.2, 0.25) is 5.75 Å². The van der Waals surface area contributed by atoms with E-state index in [0.29, 0.717) is 42.0 Å². The van der Waals surface area contributed by atoms with Crippen LogP contribution in [-0.2, 0) is 4.74 Å². The number of anilines is 1. The standard InChI is InChI=1S/C18H23ClN4O3/c1-2-25-10-11-26-17-16(22-8-6-20-7-9-22)13-21-23(18(17)24)15-5-3-4-14(19)12-15/h3-5,12-13,20H,2,6-11H2,1H3. The highest BCUT2D eigenvalue weighted by Crippen LogP contribution is 2.25. The van der Waals surface area contributed by atoms with Gasteiger partial charge in [-0.1, -0.05) is 17.7 Å². The van der Waals surface area contributed by atoms with Crippen LogP contribution in [-0.4, -0.2) is 55.8 Å². The third-order valence-corrected chi connectivity index (χ3v) is 4.34. The quantitative estimate of drug-likeness (QED) is 0.740. The number of hydrogen-bond donors (Lipinski definition) is 1. The molecule has 1 fully saturated rings. The summed E-state index contributed by atoms with van der Waals surface area (Å²) in [7, 11) is 0. The number of ether oxygens (including phenoxy) is 2. The SMILES string of the molecule is CCOCCOc1c(N2CCNCC2)cnn(-c2cccc(Cl)c2)c1=O. The molecule has 3 rings (SSSR count). The summed E-state index contributed by atoms with van der Waals surface area (Å²) < 4.78 is 12.5. The molecule has 1 N–H and O–H groups in total. The van der Waals surface area contributed by atoms with Crippen molar-refractivity contribution in [2.45, 2.75) is 6.92 Å². The second-order valence-corrected chi connectivity index (χ2v) is 6.27. The molecule has 7 nitrogen and oxygen atoms in total. The summed E-state index contributed by atoms with van der Waals surface area (Å²) >= 11 is 6.05. The topological polar surface area (TPSA) is 68.6 Å². The summed E-state index contributed by atoms with van der Waals surface area (Å²) in [6.45, 7) is 6.57. The van der Waals surface area contributed by atoms with E-state index in [1.54, 1.807) is 30.5 Å². The van der Waals surface area contributed by atoms with Crippen LogP contribution < -0.4 is 20.5 Å². The van der Waals surface area contributed by atoms with E-state index in [2.05, 4.69) is 15.3 Å². The lowest BCUT2D eigenvalue weighted by atomic mass is 10.3. The molecular weight excluding hydrogens is 356 g/mol. The number of rotatable bonds is 7. The lowest BCUT2D eigenvalue weighted by molar-refractivity contribution is 0.109. The summed E-state index contributed by atoms with van der Waals surface area (Å²) in [4.78, 5) is 15.2. The highest BCUT2D eigenvalue weighted by atomic mass is 35.5. The Morgan fingerprint density at radius 2 is 2.08 bits per heavy atom. The molecule has 0 atom stereocenters. The van der Waals surface area contributed by atoms with Crippen molar-refractivity contribution < 1.29 is 9.47 Å². The van der Waals surface area contributed by atoms with Gasteiger partial charge >= 0.3 is 5.56 Å². The van der Waals surface area contributed by atoms with Crippen LogP contribution in [0.25, 0.3) is 5.69 Å². The summed E-state index contributed by atoms with van der Waals surface area (Å²) in [5, 5.41) is 8.19. The van der Waals surface area contributed by atoms with Crippen molar-refractivity contribution in [2.24, 2.45) is 0 Å². The Hall–Kier alpha value is -2.09. The Morgan fingerprint density at radius 3 is 2.81 bits per heavy atom. The van der Waals surface area contributed by atoms with E-state index >= 15 is 0 Å². The number of nitrogens with zero attached hydrogens (tertiary/aromatic N) is 3. The molecule has 2 heterocycles. The Bertz CT molecular complexity index is 790. The lowest BCUT2D eigenvalue weighted by Crippen LogP contribution is -2.44. The van der Waals surface area contributed by atoms with Gasteiger partial charge in [-0.05, 0) is 25.1 Å². The number of piperazine rings is 1. The number of nitrogens with one attached hydrogen (secondary N) is 1. The van der Waals surface area contributed by atoms with Gasteiger partial charge < -0.3 is 19.7 Å². The van der Waals surface area contributed by atoms with E-state index in [-0.39, 0.29) is 5.56 Å². The number of benzene rings is 1. The number of aromatic nitrogens is 2. The van der Waals surface area contributed by atoms with E-state index in [9.17, 15) is 4.79 Å². The van der Waals surface area contributed by atoms with Gasteiger partial charge in [0.15, 0.2) is 0 Å². The highest BCUT2D eigenvalue weighted by molar-refractivity contribution is 6.30. The average molecular weight is 379 g/mol. The van der Waals surface area contributed by atoms with Gasteiger partial charge in [0.1, 0.15) is 12.3 Å². The second kappa shape index (κ2) is 9.02. The van der Waals surface area contributed by atoms with Crippen LogP contribution >= 0.6 is 11.6 Å². The third-order valence-electron chi connectivity index (χ3n) is 4.10. The molecule has 1 aliphatic heterocycles. The Kier molecular flexibility index (Phi) is 6.49. The number of halogens is 1. The average Bonchev–Trinajstić information content (AvgIpc) is 2.67. The molecule has 1 aromatic carbocycles. The molecule has 26 heavy (non-hydrogen) atoms. The van der Waals surface area contributed by atoms with Crippen LogP contribution in [0.4, 0.5) is 5.69 Å². The van der Waals surface area contributed by atoms with Crippen molar-refractivity contribution in [3.8, 4) is 11.4 Å². The van der Waals surface area contributed by atoms with Crippen LogP contribution in [0.15, 0.2) is 35.3 Å². The number of hydrogen-bond acceptors (Lipinski definition) is 6. The van der Waals surface area contributed by atoms with Gasteiger partial charge in [0.25, 0.3) is 0 Å². The minimum atomic E-state index is -0.306. The first-order valence-corrected chi connectivity index (χ1v) is 9.13. The maximum Gasteiger partial charge on any atom is 0.316 e. The van der Waals surface area contributed by atoms with Crippen LogP contribution in [0.5, 0.6) is 5.75 Å². The molecule has 0 spiro atoms. The predicted molar refractivity (Wildman–Crippen MR) is 102 cm³/mol. The third kappa shape index (κ3) is 4.35. The smallest absolute Gasteiger partial charge is 0.316 e. The molecule has 0 aliphatic carbocycles. The van der Waals surface area contributed by atoms with Crippen molar-refractivity contribution in [3.63, 3.8) is 0 Å². The fourth-order valence-corrected chi connectivity index (χ4v) is 3.02. The van der Waals surface area contributed by atoms with Crippen LogP contribution in [0, 0.1) is 0 Å². The molecule has 8 heteroatoms. The van der Waals surface area contributed by atoms with Gasteiger partial charge in [0, 0.05) is 37.8 Å². The first-order chi connectivity index (χ1) is 12.7. The zero-order valence-electron chi connectivity index (χ0n) is 14.8. The molecule has 0 saturated carbocycles. The Labute approximate surface area is 157 Å². The molecule has 0 radical (unpaired) electrons. The van der Waals surface area contributed by atoms with Gasteiger partial charge in [-0.25, -0.2) is 0 Å². The molecule has 0 unspecified atom stereocenters. The zero-order chi connectivity index (χ0) is 18.4. The molecule has 0 amide bonds. The van der Waals surface area contributed by atoms with E-state index in [1.807, 2.05) is 6.92 Å². The van der Waals surface area contributed by atoms with Gasteiger partial charge in [0.05, 0.1) is 18.5 Å². The molecule has 0 bridgehead atoms. The summed E-state index contributed by atoms with van der Waals surface area (Å²) in [6.07, 6.45) is 1.68. The molecule has 2 aromatic rings. The highest BCUT2D eigenvalue weighted by Gasteiger charge is 2.20. The summed E-state index contributed by atoms with van der Waals surface area (Å²) in [5.74, 6) is 0.293. The van der Waals surface area contributed by atoms with E-state index in [1.165, 1.54) is 4.68 Å². The van der Waals surface area contributed by atoms with E-state index in [4.69, 9.17) is 21.1 Å². The normalized spacial score (nSPS) is 14.5. The van der Waals surface area contributed by atoms with E-state index < -0.39 is 0 Å². The van der Waals surface area contributed by atoms with Crippen molar-refractivity contribution in [1.82, 2.24) is 15.1 Å². The maximum atomic E-state index is 13.1. The fourth-order valence-electron chi connectivity index (χ4n) is 2.83. The summed E-state index contributed by atoms with van der Waals surface area (Å²) in [5.41, 5.74) is 1.01. The zero-order valence-corrected chi connectivity index (χ0v) is 15.5. The van der Waals surface area contributed by atoms with Gasteiger partial charge in [-0.3, -0.25) is 4.79 Å². The van der Waals surface area contributed by atoms with Crippen molar-refractivity contribution >= 4 is 17.3 Å². The Morgan fingerprint density at radius 1 is 1.27 bits per heavy atom. The van der Waals surface area contributed by atoms with Crippen molar-refractivity contribution in [3.05, 3.63) is 45.8 Å². The largest absolute Gasteiger partial charge is 0.484 e. The van der Waals surface area contributed by atoms with Crippen LogP contribution in [0.3, 0.4) is 0 Å². The monoisotopic (exact) mass is 378 g/mol. The van der Waals surface area contributed by atoms with Gasteiger partial charge in [-0.2, -0.15) is 9.78 Å². The lowest BCUT2D eigenvalue weighted by Gasteiger charge is -2.30. The summed E-state index contributed by atoms with van der Waals surface area (Å²) in [6, 6.07) is 7.02. The molecule has 140 valence electrons. The van der Waals surface area contributed by atoms with E-state index in [0.717, 1.165) is 26.2 Å². The first kappa shape index (κ1) is 18.7. The molecule has 1 aromatic heterocycles. The van der Waals surface area contributed by atoms with Crippen LogP contribution in [0.1, 0.15) is 6.92 Å². The fraction of sp³-hybridized carbons (Fsp3) is 0.444. The molecule has 1 saturated heterocycles. The first-order valence-electron chi connectivity index (χ1n) is 8.75. The maximum absolute atomic E-state index is 13.1. The molecule has 1 aliphatic rings. The predicted octanol–water partition coefficient (Wildman–Crippen LogP) is 1.71. The van der Waals surface area contributed by atoms with Crippen molar-refractivity contribution in [1.29, 1.82) is 0 Å². The Balaban J connectivity index is 1.96.